The molecule has 1 aliphatic heterocycles. The van der Waals surface area contributed by atoms with Crippen LogP contribution in [-0.4, -0.2) is 26.5 Å². The number of benzene rings is 1. The van der Waals surface area contributed by atoms with Gasteiger partial charge in [-0.05, 0) is 43.1 Å². The van der Waals surface area contributed by atoms with Gasteiger partial charge >= 0.3 is 0 Å². The van der Waals surface area contributed by atoms with E-state index in [0.717, 1.165) is 17.7 Å². The third-order valence-electron chi connectivity index (χ3n) is 3.97. The summed E-state index contributed by atoms with van der Waals surface area (Å²) in [6.45, 7) is 2.86. The monoisotopic (exact) mass is 261 g/mol. The van der Waals surface area contributed by atoms with Crippen LogP contribution in [0.5, 0.6) is 0 Å². The number of amides is 1. The Morgan fingerprint density at radius 3 is 2.84 bits per heavy atom. The smallest absolute Gasteiger partial charge is 0.231 e. The van der Waals surface area contributed by atoms with E-state index < -0.39 is 0 Å². The van der Waals surface area contributed by atoms with Gasteiger partial charge in [0.15, 0.2) is 0 Å². The van der Waals surface area contributed by atoms with Crippen LogP contribution in [0, 0.1) is 5.92 Å². The van der Waals surface area contributed by atoms with Gasteiger partial charge in [-0.3, -0.25) is 4.79 Å². The largest absolute Gasteiger partial charge is 0.330 e. The van der Waals surface area contributed by atoms with Crippen molar-refractivity contribution in [1.29, 1.82) is 0 Å². The van der Waals surface area contributed by atoms with E-state index in [9.17, 15) is 4.79 Å². The molecule has 2 rings (SSSR count). The maximum atomic E-state index is 11.7. The number of nitrogens with two attached hydrogens (primary N) is 1. The fourth-order valence-electron chi connectivity index (χ4n) is 2.63. The van der Waals surface area contributed by atoms with Gasteiger partial charge in [0.1, 0.15) is 0 Å². The standard InChI is InChI=1S/C15H23N3O/c1-10(9-16)6-13(17-2)11-4-5-14-12(7-11)8-15(19)18(14)3/h4-5,7,10,13,17H,6,8-9,16H2,1-3H3. The molecule has 4 nitrogen and oxygen atoms in total. The Morgan fingerprint density at radius 1 is 1.47 bits per heavy atom. The second-order valence-electron chi connectivity index (χ2n) is 5.44. The Labute approximate surface area is 115 Å². The molecule has 3 N–H and O–H groups in total. The summed E-state index contributed by atoms with van der Waals surface area (Å²) in [7, 11) is 3.80. The number of carbonyl (C=O) groups is 1. The van der Waals surface area contributed by atoms with Gasteiger partial charge in [0.05, 0.1) is 6.42 Å². The van der Waals surface area contributed by atoms with Crippen molar-refractivity contribution < 1.29 is 4.79 Å². The Kier molecular flexibility index (Phi) is 4.22. The number of hydrogen-bond acceptors (Lipinski definition) is 3. The molecule has 1 aromatic rings. The summed E-state index contributed by atoms with van der Waals surface area (Å²) in [5.74, 6) is 0.651. The lowest BCUT2D eigenvalue weighted by molar-refractivity contribution is -0.117. The molecular formula is C15H23N3O. The van der Waals surface area contributed by atoms with Crippen molar-refractivity contribution in [2.24, 2.45) is 11.7 Å². The zero-order valence-electron chi connectivity index (χ0n) is 11.9. The highest BCUT2D eigenvalue weighted by Crippen LogP contribution is 2.31. The summed E-state index contributed by atoms with van der Waals surface area (Å²) in [5, 5.41) is 3.34. The fraction of sp³-hybridized carbons (Fsp3) is 0.533. The minimum absolute atomic E-state index is 0.170. The summed E-state index contributed by atoms with van der Waals surface area (Å²) >= 11 is 0. The van der Waals surface area contributed by atoms with E-state index in [1.165, 1.54) is 5.56 Å². The first-order valence-electron chi connectivity index (χ1n) is 6.83. The minimum Gasteiger partial charge on any atom is -0.330 e. The average molecular weight is 261 g/mol. The van der Waals surface area contributed by atoms with Crippen molar-refractivity contribution in [2.45, 2.75) is 25.8 Å². The summed E-state index contributed by atoms with van der Waals surface area (Å²) in [6, 6.07) is 6.61. The summed E-state index contributed by atoms with van der Waals surface area (Å²) in [4.78, 5) is 13.4. The van der Waals surface area contributed by atoms with Crippen LogP contribution in [0.25, 0.3) is 0 Å². The zero-order valence-corrected chi connectivity index (χ0v) is 11.9. The molecular weight excluding hydrogens is 238 g/mol. The molecule has 104 valence electrons. The highest BCUT2D eigenvalue weighted by atomic mass is 16.2. The molecule has 1 amide bonds. The number of likely N-dealkylation sites (N-methyl/N-ethyl adjacent to an activating group) is 1. The third kappa shape index (κ3) is 2.80. The Bertz CT molecular complexity index is 472. The van der Waals surface area contributed by atoms with E-state index in [-0.39, 0.29) is 5.91 Å². The van der Waals surface area contributed by atoms with Crippen molar-refractivity contribution in [2.75, 3.05) is 25.5 Å². The van der Waals surface area contributed by atoms with Gasteiger partial charge in [-0.25, -0.2) is 0 Å². The number of nitrogens with one attached hydrogen (secondary N) is 1. The van der Waals surface area contributed by atoms with E-state index in [4.69, 9.17) is 5.73 Å². The van der Waals surface area contributed by atoms with E-state index >= 15 is 0 Å². The highest BCUT2D eigenvalue weighted by Gasteiger charge is 2.25. The topological polar surface area (TPSA) is 58.4 Å². The molecule has 0 aromatic heterocycles. The first-order chi connectivity index (χ1) is 9.06. The Morgan fingerprint density at radius 2 is 2.21 bits per heavy atom. The number of nitrogens with zero attached hydrogens (tertiary/aromatic N) is 1. The lowest BCUT2D eigenvalue weighted by Crippen LogP contribution is -2.22. The number of fused-ring (bicyclic) bond motifs is 1. The van der Waals surface area contributed by atoms with Crippen LogP contribution in [0.15, 0.2) is 18.2 Å². The molecule has 0 saturated carbocycles. The molecule has 0 fully saturated rings. The van der Waals surface area contributed by atoms with Gasteiger partial charge < -0.3 is 16.0 Å². The van der Waals surface area contributed by atoms with Crippen molar-refractivity contribution in [3.8, 4) is 0 Å². The molecule has 0 aliphatic carbocycles. The van der Waals surface area contributed by atoms with Gasteiger partial charge in [-0.15, -0.1) is 0 Å². The Balaban J connectivity index is 2.22. The SMILES string of the molecule is CNC(CC(C)CN)c1ccc2c(c1)CC(=O)N2C. The van der Waals surface area contributed by atoms with Crippen molar-refractivity contribution in [1.82, 2.24) is 5.32 Å². The van der Waals surface area contributed by atoms with E-state index in [0.29, 0.717) is 24.9 Å². The normalized spacial score (nSPS) is 17.5. The Hall–Kier alpha value is -1.39. The highest BCUT2D eigenvalue weighted by molar-refractivity contribution is 6.00. The van der Waals surface area contributed by atoms with E-state index in [1.807, 2.05) is 20.2 Å². The van der Waals surface area contributed by atoms with E-state index in [2.05, 4.69) is 24.4 Å². The molecule has 0 bridgehead atoms. The lowest BCUT2D eigenvalue weighted by Gasteiger charge is -2.21. The predicted octanol–water partition coefficient (Wildman–Crippen LogP) is 1.45. The van der Waals surface area contributed by atoms with Gasteiger partial charge in [0, 0.05) is 18.8 Å². The summed E-state index contributed by atoms with van der Waals surface area (Å²) in [5.41, 5.74) is 9.11. The minimum atomic E-state index is 0.170. The van der Waals surface area contributed by atoms with Crippen LogP contribution in [0.2, 0.25) is 0 Å². The van der Waals surface area contributed by atoms with Crippen molar-refractivity contribution >= 4 is 11.6 Å². The predicted molar refractivity (Wildman–Crippen MR) is 78.2 cm³/mol. The fourth-order valence-corrected chi connectivity index (χ4v) is 2.63. The maximum absolute atomic E-state index is 11.7. The molecule has 1 aliphatic rings. The summed E-state index contributed by atoms with van der Waals surface area (Å²) < 4.78 is 0. The van der Waals surface area contributed by atoms with Crippen molar-refractivity contribution in [3.63, 3.8) is 0 Å². The molecule has 0 saturated heterocycles. The molecule has 1 aromatic carbocycles. The number of carbonyl (C=O) groups excluding carboxylic acids is 1. The average Bonchev–Trinajstić information content (AvgIpc) is 2.70. The molecule has 1 heterocycles. The van der Waals surface area contributed by atoms with Crippen LogP contribution in [0.1, 0.15) is 30.5 Å². The van der Waals surface area contributed by atoms with Crippen LogP contribution < -0.4 is 16.0 Å². The zero-order chi connectivity index (χ0) is 14.0. The molecule has 2 atom stereocenters. The van der Waals surface area contributed by atoms with Gasteiger partial charge in [0.2, 0.25) is 5.91 Å². The molecule has 0 radical (unpaired) electrons. The maximum Gasteiger partial charge on any atom is 0.231 e. The lowest BCUT2D eigenvalue weighted by atomic mass is 9.94. The molecule has 0 spiro atoms. The first kappa shape index (κ1) is 14.0. The van der Waals surface area contributed by atoms with Crippen LogP contribution >= 0.6 is 0 Å². The third-order valence-corrected chi connectivity index (χ3v) is 3.97. The first-order valence-corrected chi connectivity index (χ1v) is 6.83. The summed E-state index contributed by atoms with van der Waals surface area (Å²) in [6.07, 6.45) is 1.53. The van der Waals surface area contributed by atoms with Crippen LogP contribution in [0.4, 0.5) is 5.69 Å². The van der Waals surface area contributed by atoms with Gasteiger partial charge in [0.25, 0.3) is 0 Å². The number of hydrogen-bond donors (Lipinski definition) is 2. The molecule has 4 heteroatoms. The van der Waals surface area contributed by atoms with E-state index in [1.54, 1.807) is 4.90 Å². The second-order valence-corrected chi connectivity index (χ2v) is 5.44. The quantitative estimate of drug-likeness (QED) is 0.843. The number of rotatable bonds is 5. The second kappa shape index (κ2) is 5.72. The molecule has 2 unspecified atom stereocenters. The van der Waals surface area contributed by atoms with Gasteiger partial charge in [-0.1, -0.05) is 19.1 Å². The number of anilines is 1. The molecule has 19 heavy (non-hydrogen) atoms. The van der Waals surface area contributed by atoms with Gasteiger partial charge in [-0.2, -0.15) is 0 Å². The van der Waals surface area contributed by atoms with Crippen molar-refractivity contribution in [3.05, 3.63) is 29.3 Å². The van der Waals surface area contributed by atoms with Crippen LogP contribution in [-0.2, 0) is 11.2 Å². The van der Waals surface area contributed by atoms with Crippen LogP contribution in [0.3, 0.4) is 0 Å².